The van der Waals surface area contributed by atoms with Gasteiger partial charge in [-0.05, 0) is 63.4 Å². The van der Waals surface area contributed by atoms with Crippen molar-refractivity contribution in [1.29, 1.82) is 0 Å². The Kier molecular flexibility index (Phi) is 10.1. The van der Waals surface area contributed by atoms with Crippen LogP contribution >= 0.6 is 0 Å². The van der Waals surface area contributed by atoms with E-state index < -0.39 is 0 Å². The molecule has 0 aliphatic carbocycles. The van der Waals surface area contributed by atoms with Crippen molar-refractivity contribution < 1.29 is 9.47 Å². The predicted octanol–water partition coefficient (Wildman–Crippen LogP) is 7.50. The Bertz CT molecular complexity index is 430. The largest absolute Gasteiger partial charge is 0.470 e. The van der Waals surface area contributed by atoms with Crippen LogP contribution < -0.4 is 0 Å². The Morgan fingerprint density at radius 2 is 1.40 bits per heavy atom. The zero-order valence-corrected chi connectivity index (χ0v) is 18.8. The molecule has 0 aliphatic rings. The Labute approximate surface area is 158 Å². The fourth-order valence-corrected chi connectivity index (χ4v) is 2.92. The molecule has 0 saturated carbocycles. The van der Waals surface area contributed by atoms with Crippen LogP contribution in [0.1, 0.15) is 95.4 Å². The van der Waals surface area contributed by atoms with E-state index in [-0.39, 0.29) is 17.8 Å². The van der Waals surface area contributed by atoms with Gasteiger partial charge in [0.15, 0.2) is 6.29 Å². The van der Waals surface area contributed by atoms with Gasteiger partial charge >= 0.3 is 0 Å². The van der Waals surface area contributed by atoms with E-state index in [0.717, 1.165) is 12.2 Å². The summed E-state index contributed by atoms with van der Waals surface area (Å²) >= 11 is 0. The standard InChI is InChI=1S/C23H44O2/c1-12-20(15-22(6,7)8)18(4)13-14-19(5)25-21(24-17(2)3)16-23(9,10)11/h13-14,17,20-21H,12,15-16H2,1-11H3. The van der Waals surface area contributed by atoms with E-state index >= 15 is 0 Å². The van der Waals surface area contributed by atoms with Crippen LogP contribution in [0.3, 0.4) is 0 Å². The van der Waals surface area contributed by atoms with Crippen LogP contribution in [0.4, 0.5) is 0 Å². The summed E-state index contributed by atoms with van der Waals surface area (Å²) in [6.07, 6.45) is 7.55. The molecule has 0 rings (SSSR count). The summed E-state index contributed by atoms with van der Waals surface area (Å²) in [6, 6.07) is 0. The molecule has 2 nitrogen and oxygen atoms in total. The first kappa shape index (κ1) is 24.2. The third kappa shape index (κ3) is 13.1. The normalized spacial score (nSPS) is 17.0. The number of hydrogen-bond donors (Lipinski definition) is 0. The highest BCUT2D eigenvalue weighted by molar-refractivity contribution is 5.15. The van der Waals surface area contributed by atoms with Crippen molar-refractivity contribution in [1.82, 2.24) is 0 Å². The number of ether oxygens (including phenoxy) is 2. The minimum Gasteiger partial charge on any atom is -0.470 e. The highest BCUT2D eigenvalue weighted by Crippen LogP contribution is 2.31. The molecule has 0 aliphatic heterocycles. The van der Waals surface area contributed by atoms with Gasteiger partial charge in [-0.15, -0.1) is 0 Å². The molecule has 2 heteroatoms. The van der Waals surface area contributed by atoms with Gasteiger partial charge in [0.1, 0.15) is 0 Å². The molecule has 2 unspecified atom stereocenters. The predicted molar refractivity (Wildman–Crippen MR) is 111 cm³/mol. The molecule has 0 heterocycles. The minimum atomic E-state index is -0.193. The smallest absolute Gasteiger partial charge is 0.200 e. The van der Waals surface area contributed by atoms with Crippen LogP contribution in [0.2, 0.25) is 0 Å². The molecular weight excluding hydrogens is 308 g/mol. The lowest BCUT2D eigenvalue weighted by atomic mass is 9.80. The SMILES string of the molecule is CCC(CC(C)(C)C)C(C)=CC=C(C)OC(CC(C)(C)C)OC(C)C. The molecule has 0 N–H and O–H groups in total. The van der Waals surface area contributed by atoms with Gasteiger partial charge in [-0.3, -0.25) is 0 Å². The van der Waals surface area contributed by atoms with E-state index in [1.54, 1.807) is 0 Å². The topological polar surface area (TPSA) is 18.5 Å². The maximum atomic E-state index is 6.10. The van der Waals surface area contributed by atoms with E-state index in [1.807, 2.05) is 6.92 Å². The van der Waals surface area contributed by atoms with Crippen molar-refractivity contribution in [3.05, 3.63) is 23.5 Å². The lowest BCUT2D eigenvalue weighted by Gasteiger charge is -2.28. The molecular formula is C23H44O2. The van der Waals surface area contributed by atoms with Gasteiger partial charge in [0, 0.05) is 6.42 Å². The summed E-state index contributed by atoms with van der Waals surface area (Å²) in [5, 5.41) is 0. The van der Waals surface area contributed by atoms with Gasteiger partial charge in [0.25, 0.3) is 0 Å². The Morgan fingerprint density at radius 1 is 0.880 bits per heavy atom. The van der Waals surface area contributed by atoms with Gasteiger partial charge in [-0.1, -0.05) is 60.1 Å². The summed E-state index contributed by atoms with van der Waals surface area (Å²) in [6.45, 7) is 24.2. The molecule has 0 radical (unpaired) electrons. The fraction of sp³-hybridized carbons (Fsp3) is 0.826. The summed E-state index contributed by atoms with van der Waals surface area (Å²) < 4.78 is 12.1. The lowest BCUT2D eigenvalue weighted by molar-refractivity contribution is -0.154. The van der Waals surface area contributed by atoms with Gasteiger partial charge in [-0.25, -0.2) is 0 Å². The molecule has 0 saturated heterocycles. The number of allylic oxidation sites excluding steroid dienone is 4. The Morgan fingerprint density at radius 3 is 1.80 bits per heavy atom. The van der Waals surface area contributed by atoms with Crippen molar-refractivity contribution in [3.8, 4) is 0 Å². The first-order valence-electron chi connectivity index (χ1n) is 9.90. The van der Waals surface area contributed by atoms with Crippen molar-refractivity contribution in [2.24, 2.45) is 16.7 Å². The zero-order chi connectivity index (χ0) is 19.8. The zero-order valence-electron chi connectivity index (χ0n) is 18.8. The summed E-state index contributed by atoms with van der Waals surface area (Å²) in [4.78, 5) is 0. The third-order valence-electron chi connectivity index (χ3n) is 4.10. The Balaban J connectivity index is 5.00. The molecule has 148 valence electrons. The minimum absolute atomic E-state index is 0.161. The first-order chi connectivity index (χ1) is 11.2. The van der Waals surface area contributed by atoms with Crippen molar-refractivity contribution in [2.75, 3.05) is 0 Å². The molecule has 0 spiro atoms. The second-order valence-corrected chi connectivity index (χ2v) is 10.1. The van der Waals surface area contributed by atoms with Crippen molar-refractivity contribution in [3.63, 3.8) is 0 Å². The maximum absolute atomic E-state index is 6.10. The van der Waals surface area contributed by atoms with Crippen molar-refractivity contribution in [2.45, 2.75) is 108 Å². The van der Waals surface area contributed by atoms with E-state index in [1.165, 1.54) is 18.4 Å². The van der Waals surface area contributed by atoms with Crippen LogP contribution in [0.5, 0.6) is 0 Å². The second kappa shape index (κ2) is 10.4. The Hall–Kier alpha value is -0.760. The van der Waals surface area contributed by atoms with Gasteiger partial charge < -0.3 is 9.47 Å². The van der Waals surface area contributed by atoms with Crippen LogP contribution in [-0.2, 0) is 9.47 Å². The summed E-state index contributed by atoms with van der Waals surface area (Å²) in [7, 11) is 0. The molecule has 0 fully saturated rings. The average molecular weight is 353 g/mol. The van der Waals surface area contributed by atoms with E-state index in [0.29, 0.717) is 11.3 Å². The van der Waals surface area contributed by atoms with Gasteiger partial charge in [0.2, 0.25) is 0 Å². The molecule has 0 bridgehead atoms. The summed E-state index contributed by atoms with van der Waals surface area (Å²) in [5.74, 6) is 1.54. The van der Waals surface area contributed by atoms with Gasteiger partial charge in [0.05, 0.1) is 11.9 Å². The second-order valence-electron chi connectivity index (χ2n) is 10.1. The quantitative estimate of drug-likeness (QED) is 0.243. The van der Waals surface area contributed by atoms with Crippen LogP contribution in [0.15, 0.2) is 23.5 Å². The third-order valence-corrected chi connectivity index (χ3v) is 4.10. The molecule has 0 aromatic heterocycles. The highest BCUT2D eigenvalue weighted by Gasteiger charge is 2.22. The van der Waals surface area contributed by atoms with E-state index in [4.69, 9.17) is 9.47 Å². The van der Waals surface area contributed by atoms with E-state index in [2.05, 4.69) is 81.4 Å². The highest BCUT2D eigenvalue weighted by atomic mass is 16.7. The first-order valence-corrected chi connectivity index (χ1v) is 9.90. The fourth-order valence-electron chi connectivity index (χ4n) is 2.92. The number of rotatable bonds is 9. The average Bonchev–Trinajstić information content (AvgIpc) is 2.38. The maximum Gasteiger partial charge on any atom is 0.200 e. The van der Waals surface area contributed by atoms with Crippen molar-refractivity contribution >= 4 is 0 Å². The van der Waals surface area contributed by atoms with Crippen LogP contribution in [-0.4, -0.2) is 12.4 Å². The molecule has 0 aromatic rings. The number of hydrogen-bond acceptors (Lipinski definition) is 2. The molecule has 0 aromatic carbocycles. The van der Waals surface area contributed by atoms with Crippen LogP contribution in [0, 0.1) is 16.7 Å². The molecule has 2 atom stereocenters. The lowest BCUT2D eigenvalue weighted by Crippen LogP contribution is -2.26. The monoisotopic (exact) mass is 352 g/mol. The van der Waals surface area contributed by atoms with Gasteiger partial charge in [-0.2, -0.15) is 0 Å². The molecule has 25 heavy (non-hydrogen) atoms. The summed E-state index contributed by atoms with van der Waals surface area (Å²) in [5.41, 5.74) is 1.96. The van der Waals surface area contributed by atoms with E-state index in [9.17, 15) is 0 Å². The van der Waals surface area contributed by atoms with Crippen LogP contribution in [0.25, 0.3) is 0 Å². The molecule has 0 amide bonds.